The predicted molar refractivity (Wildman–Crippen MR) is 128 cm³/mol. The number of nitrogens with one attached hydrogen (secondary N) is 1. The summed E-state index contributed by atoms with van der Waals surface area (Å²) in [6, 6.07) is 15.2. The molecule has 33 heavy (non-hydrogen) atoms. The van der Waals surface area contributed by atoms with Crippen LogP contribution in [0.5, 0.6) is 5.75 Å². The molecule has 1 saturated heterocycles. The van der Waals surface area contributed by atoms with Crippen LogP contribution < -0.4 is 10.1 Å². The van der Waals surface area contributed by atoms with Crippen molar-refractivity contribution in [2.45, 2.75) is 19.8 Å². The van der Waals surface area contributed by atoms with Crippen LogP contribution in [0.1, 0.15) is 30.9 Å². The summed E-state index contributed by atoms with van der Waals surface area (Å²) in [7, 11) is 1.60. The molecule has 2 aromatic rings. The van der Waals surface area contributed by atoms with E-state index in [4.69, 9.17) is 9.47 Å². The fraction of sp³-hybridized carbons (Fsp3) is 0.385. The number of imide groups is 1. The van der Waals surface area contributed by atoms with Crippen molar-refractivity contribution in [2.24, 2.45) is 0 Å². The molecular weight excluding hydrogens is 418 g/mol. The summed E-state index contributed by atoms with van der Waals surface area (Å²) in [5.74, 6) is 0.532. The van der Waals surface area contributed by atoms with Crippen LogP contribution in [0.3, 0.4) is 0 Å². The molecule has 7 nitrogen and oxygen atoms in total. The molecule has 0 spiro atoms. The summed E-state index contributed by atoms with van der Waals surface area (Å²) < 4.78 is 10.6. The zero-order chi connectivity index (χ0) is 23.4. The maximum absolute atomic E-state index is 13.4. The van der Waals surface area contributed by atoms with Gasteiger partial charge in [0.25, 0.3) is 11.8 Å². The molecule has 174 valence electrons. The van der Waals surface area contributed by atoms with E-state index < -0.39 is 0 Å². The van der Waals surface area contributed by atoms with Crippen molar-refractivity contribution in [1.82, 2.24) is 9.80 Å². The second-order valence-electron chi connectivity index (χ2n) is 8.60. The number of hydrogen-bond acceptors (Lipinski definition) is 6. The summed E-state index contributed by atoms with van der Waals surface area (Å²) >= 11 is 0. The lowest BCUT2D eigenvalue weighted by Gasteiger charge is -2.28. The summed E-state index contributed by atoms with van der Waals surface area (Å²) in [5, 5.41) is 3.24. The first-order chi connectivity index (χ1) is 16.0. The Kier molecular flexibility index (Phi) is 7.11. The van der Waals surface area contributed by atoms with Gasteiger partial charge in [-0.05, 0) is 41.3 Å². The lowest BCUT2D eigenvalue weighted by Crippen LogP contribution is -2.43. The number of ether oxygens (including phenoxy) is 2. The molecule has 4 rings (SSSR count). The van der Waals surface area contributed by atoms with Gasteiger partial charge < -0.3 is 14.8 Å². The van der Waals surface area contributed by atoms with Crippen LogP contribution in [0.4, 0.5) is 5.69 Å². The Morgan fingerprint density at radius 2 is 1.61 bits per heavy atom. The quantitative estimate of drug-likeness (QED) is 0.624. The molecule has 2 aromatic carbocycles. The first-order valence-corrected chi connectivity index (χ1v) is 11.4. The number of amides is 2. The van der Waals surface area contributed by atoms with Crippen molar-refractivity contribution in [1.29, 1.82) is 0 Å². The Bertz CT molecular complexity index is 1020. The summed E-state index contributed by atoms with van der Waals surface area (Å²) in [6.45, 7) is 8.22. The van der Waals surface area contributed by atoms with Crippen LogP contribution in [0.15, 0.2) is 54.2 Å². The van der Waals surface area contributed by atoms with Gasteiger partial charge in [-0.25, -0.2) is 0 Å². The molecule has 0 radical (unpaired) electrons. The van der Waals surface area contributed by atoms with Gasteiger partial charge in [-0.15, -0.1) is 0 Å². The first kappa shape index (κ1) is 23.0. The molecular formula is C26H31N3O4. The minimum absolute atomic E-state index is 0.278. The lowest BCUT2D eigenvalue weighted by molar-refractivity contribution is -0.137. The van der Waals surface area contributed by atoms with Crippen molar-refractivity contribution in [3.63, 3.8) is 0 Å². The second-order valence-corrected chi connectivity index (χ2v) is 8.60. The number of morpholine rings is 1. The highest BCUT2D eigenvalue weighted by atomic mass is 16.5. The van der Waals surface area contributed by atoms with E-state index >= 15 is 0 Å². The maximum Gasteiger partial charge on any atom is 0.278 e. The molecule has 0 atom stereocenters. The highest BCUT2D eigenvalue weighted by Gasteiger charge is 2.39. The van der Waals surface area contributed by atoms with Crippen molar-refractivity contribution < 1.29 is 19.1 Å². The van der Waals surface area contributed by atoms with Gasteiger partial charge in [0.1, 0.15) is 11.4 Å². The molecule has 0 unspecified atom stereocenters. The molecule has 2 aliphatic heterocycles. The van der Waals surface area contributed by atoms with Crippen molar-refractivity contribution >= 4 is 23.1 Å². The number of hydrogen-bond donors (Lipinski definition) is 1. The van der Waals surface area contributed by atoms with Crippen molar-refractivity contribution in [3.05, 3.63) is 65.4 Å². The van der Waals surface area contributed by atoms with E-state index in [1.54, 1.807) is 19.2 Å². The van der Waals surface area contributed by atoms with Crippen LogP contribution in [0, 0.1) is 0 Å². The summed E-state index contributed by atoms with van der Waals surface area (Å²) in [5.41, 5.74) is 3.37. The predicted octanol–water partition coefficient (Wildman–Crippen LogP) is 3.34. The zero-order valence-corrected chi connectivity index (χ0v) is 19.5. The molecule has 0 bridgehead atoms. The van der Waals surface area contributed by atoms with Crippen LogP contribution in [-0.2, 0) is 14.3 Å². The topological polar surface area (TPSA) is 71.1 Å². The smallest absolute Gasteiger partial charge is 0.278 e. The van der Waals surface area contributed by atoms with Gasteiger partial charge in [0.2, 0.25) is 0 Å². The summed E-state index contributed by atoms with van der Waals surface area (Å²) in [4.78, 5) is 30.4. The summed E-state index contributed by atoms with van der Waals surface area (Å²) in [6.07, 6.45) is 0. The normalized spacial score (nSPS) is 17.3. The SMILES string of the molecule is COc1ccc(C2=C(Nc3ccc(C(C)C)cc3)C(=O)N(CCN3CCOCC3)C2=O)cc1. The van der Waals surface area contributed by atoms with Crippen molar-refractivity contribution in [3.8, 4) is 5.75 Å². The molecule has 7 heteroatoms. The van der Waals surface area contributed by atoms with E-state index in [1.165, 1.54) is 10.5 Å². The van der Waals surface area contributed by atoms with E-state index in [1.807, 2.05) is 36.4 Å². The van der Waals surface area contributed by atoms with E-state index in [9.17, 15) is 9.59 Å². The number of carbonyl (C=O) groups is 2. The number of rotatable bonds is 8. The first-order valence-electron chi connectivity index (χ1n) is 11.4. The van der Waals surface area contributed by atoms with Gasteiger partial charge >= 0.3 is 0 Å². The minimum Gasteiger partial charge on any atom is -0.497 e. The van der Waals surface area contributed by atoms with Crippen LogP contribution in [0.25, 0.3) is 5.57 Å². The fourth-order valence-electron chi connectivity index (χ4n) is 4.08. The minimum atomic E-state index is -0.299. The van der Waals surface area contributed by atoms with Gasteiger partial charge in [0.05, 0.1) is 25.9 Å². The largest absolute Gasteiger partial charge is 0.497 e. The lowest BCUT2D eigenvalue weighted by atomic mass is 10.0. The van der Waals surface area contributed by atoms with Gasteiger partial charge in [0, 0.05) is 31.9 Å². The Morgan fingerprint density at radius 3 is 2.21 bits per heavy atom. The standard InChI is InChI=1S/C26H31N3O4/c1-18(2)19-4-8-21(9-5-19)27-24-23(20-6-10-22(32-3)11-7-20)25(30)29(26(24)31)13-12-28-14-16-33-17-15-28/h4-11,18,27H,12-17H2,1-3H3. The number of benzene rings is 2. The molecule has 2 aliphatic rings. The molecule has 1 N–H and O–H groups in total. The van der Waals surface area contributed by atoms with Gasteiger partial charge in [-0.1, -0.05) is 38.1 Å². The van der Waals surface area contributed by atoms with Crippen LogP contribution >= 0.6 is 0 Å². The molecule has 1 fully saturated rings. The number of nitrogens with zero attached hydrogens (tertiary/aromatic N) is 2. The Labute approximate surface area is 195 Å². The molecule has 2 amide bonds. The van der Waals surface area contributed by atoms with Crippen LogP contribution in [-0.4, -0.2) is 68.1 Å². The molecule has 0 saturated carbocycles. The maximum atomic E-state index is 13.4. The van der Waals surface area contributed by atoms with E-state index in [0.29, 0.717) is 54.8 Å². The number of carbonyl (C=O) groups excluding carboxylic acids is 2. The zero-order valence-electron chi connectivity index (χ0n) is 19.5. The number of methoxy groups -OCH3 is 1. The third kappa shape index (κ3) is 5.10. The average molecular weight is 450 g/mol. The van der Waals surface area contributed by atoms with E-state index in [2.05, 4.69) is 24.1 Å². The molecule has 2 heterocycles. The fourth-order valence-corrected chi connectivity index (χ4v) is 4.08. The van der Waals surface area contributed by atoms with E-state index in [0.717, 1.165) is 18.8 Å². The van der Waals surface area contributed by atoms with Gasteiger partial charge in [-0.3, -0.25) is 19.4 Å². The van der Waals surface area contributed by atoms with Gasteiger partial charge in [0.15, 0.2) is 0 Å². The van der Waals surface area contributed by atoms with Crippen molar-refractivity contribution in [2.75, 3.05) is 51.8 Å². The Morgan fingerprint density at radius 1 is 0.939 bits per heavy atom. The van der Waals surface area contributed by atoms with Gasteiger partial charge in [-0.2, -0.15) is 0 Å². The highest BCUT2D eigenvalue weighted by molar-refractivity contribution is 6.36. The average Bonchev–Trinajstić information content (AvgIpc) is 3.07. The highest BCUT2D eigenvalue weighted by Crippen LogP contribution is 2.31. The third-order valence-corrected chi connectivity index (χ3v) is 6.14. The second kappa shape index (κ2) is 10.2. The third-order valence-electron chi connectivity index (χ3n) is 6.14. The van der Waals surface area contributed by atoms with E-state index in [-0.39, 0.29) is 11.8 Å². The van der Waals surface area contributed by atoms with Crippen LogP contribution in [0.2, 0.25) is 0 Å². The Balaban J connectivity index is 1.61. The Hall–Kier alpha value is -3.16. The molecule has 0 aliphatic carbocycles. The number of anilines is 1. The monoisotopic (exact) mass is 449 g/mol. The molecule has 0 aromatic heterocycles.